The van der Waals surface area contributed by atoms with Gasteiger partial charge >= 0.3 is 0 Å². The van der Waals surface area contributed by atoms with Gasteiger partial charge in [0.05, 0.1) is 25.7 Å². The maximum Gasteiger partial charge on any atom is 0.293 e. The van der Waals surface area contributed by atoms with E-state index in [9.17, 15) is 9.59 Å². The lowest BCUT2D eigenvalue weighted by atomic mass is 10.2. The molecule has 1 amide bonds. The van der Waals surface area contributed by atoms with Crippen LogP contribution >= 0.6 is 0 Å². The predicted molar refractivity (Wildman–Crippen MR) is 81.6 cm³/mol. The third-order valence-electron chi connectivity index (χ3n) is 3.05. The fraction of sp³-hybridized carbons (Fsp3) is 0.375. The molecule has 0 unspecified atom stereocenters. The van der Waals surface area contributed by atoms with Crippen LogP contribution in [0.2, 0.25) is 0 Å². The molecule has 6 heteroatoms. The van der Waals surface area contributed by atoms with Crippen LogP contribution in [0.1, 0.15) is 5.56 Å². The van der Waals surface area contributed by atoms with E-state index >= 15 is 0 Å². The number of carbonyl (C=O) groups excluding carboxylic acids is 2. The zero-order chi connectivity index (χ0) is 16.2. The third kappa shape index (κ3) is 5.95. The van der Waals surface area contributed by atoms with Gasteiger partial charge in [0.2, 0.25) is 5.91 Å². The second-order valence-corrected chi connectivity index (χ2v) is 4.59. The van der Waals surface area contributed by atoms with E-state index in [0.717, 1.165) is 5.56 Å². The first kappa shape index (κ1) is 17.7. The molecule has 6 nitrogen and oxygen atoms in total. The maximum atomic E-state index is 11.2. The number of terminal acetylenes is 1. The first-order valence-electron chi connectivity index (χ1n) is 6.86. The molecule has 2 rings (SSSR count). The molecule has 0 radical (unpaired) electrons. The molecule has 0 aliphatic carbocycles. The number of hydrogen-bond acceptors (Lipinski definition) is 5. The second-order valence-electron chi connectivity index (χ2n) is 4.59. The number of piperazine rings is 1. The molecule has 2 N–H and O–H groups in total. The summed E-state index contributed by atoms with van der Waals surface area (Å²) in [5.74, 6) is 2.36. The minimum atomic E-state index is -0.165. The van der Waals surface area contributed by atoms with Gasteiger partial charge in [-0.25, -0.2) is 0 Å². The Labute approximate surface area is 130 Å². The number of aliphatic hydroxyl groups is 1. The lowest BCUT2D eigenvalue weighted by molar-refractivity contribution is -0.135. The van der Waals surface area contributed by atoms with Crippen LogP contribution in [0.3, 0.4) is 0 Å². The van der Waals surface area contributed by atoms with Gasteiger partial charge in [-0.3, -0.25) is 9.59 Å². The normalized spacial score (nSPS) is 17.0. The van der Waals surface area contributed by atoms with Gasteiger partial charge in [-0.05, 0) is 5.56 Å². The van der Waals surface area contributed by atoms with Crippen LogP contribution in [0.15, 0.2) is 30.3 Å². The van der Waals surface area contributed by atoms with Crippen LogP contribution in [0.5, 0.6) is 0 Å². The Kier molecular flexibility index (Phi) is 8.35. The fourth-order valence-corrected chi connectivity index (χ4v) is 1.94. The number of carbonyl (C=O) groups is 2. The molecule has 1 aliphatic rings. The van der Waals surface area contributed by atoms with Gasteiger partial charge in [-0.2, -0.15) is 0 Å². The second kappa shape index (κ2) is 10.4. The van der Waals surface area contributed by atoms with Crippen LogP contribution in [-0.2, 0) is 20.9 Å². The first-order chi connectivity index (χ1) is 10.7. The van der Waals surface area contributed by atoms with Gasteiger partial charge in [0.15, 0.2) is 0 Å². The van der Waals surface area contributed by atoms with Crippen molar-refractivity contribution in [3.63, 3.8) is 0 Å². The standard InChI is InChI=1S/C8H12N2O2.C8H8O2/c1-2-3-10-7(6-11)4-9-5-8(10)12;9-7-10-6-8-4-2-1-3-5-8/h1,7,9,11H,3-6H2;1-5,7H,6H2/t7-;/m1./s1. The fourth-order valence-electron chi connectivity index (χ4n) is 1.94. The van der Waals surface area contributed by atoms with Gasteiger partial charge in [0.25, 0.3) is 6.47 Å². The maximum absolute atomic E-state index is 11.2. The number of hydrogen-bond donors (Lipinski definition) is 2. The van der Waals surface area contributed by atoms with E-state index in [1.165, 1.54) is 4.90 Å². The molecule has 1 heterocycles. The van der Waals surface area contributed by atoms with Gasteiger partial charge in [-0.15, -0.1) is 6.42 Å². The zero-order valence-electron chi connectivity index (χ0n) is 12.3. The van der Waals surface area contributed by atoms with Crippen LogP contribution < -0.4 is 5.32 Å². The van der Waals surface area contributed by atoms with E-state index in [-0.39, 0.29) is 25.1 Å². The van der Waals surface area contributed by atoms with Crippen molar-refractivity contribution in [3.8, 4) is 12.3 Å². The van der Waals surface area contributed by atoms with Crippen molar-refractivity contribution >= 4 is 12.4 Å². The number of rotatable bonds is 5. The summed E-state index contributed by atoms with van der Waals surface area (Å²) in [6.07, 6.45) is 5.09. The largest absolute Gasteiger partial charge is 0.463 e. The van der Waals surface area contributed by atoms with Gasteiger partial charge in [0.1, 0.15) is 6.61 Å². The first-order valence-corrected chi connectivity index (χ1v) is 6.86. The number of amides is 1. The Hall–Kier alpha value is -2.36. The number of nitrogens with one attached hydrogen (secondary N) is 1. The van der Waals surface area contributed by atoms with E-state index < -0.39 is 0 Å². The smallest absolute Gasteiger partial charge is 0.293 e. The molecule has 1 aromatic rings. The number of nitrogens with zero attached hydrogens (tertiary/aromatic N) is 1. The molecule has 0 saturated carbocycles. The summed E-state index contributed by atoms with van der Waals surface area (Å²) in [5, 5.41) is 11.8. The molecule has 0 bridgehead atoms. The number of benzene rings is 1. The van der Waals surface area contributed by atoms with Crippen molar-refractivity contribution in [3.05, 3.63) is 35.9 Å². The number of aliphatic hydroxyl groups excluding tert-OH is 1. The van der Waals surface area contributed by atoms with Gasteiger partial charge in [0, 0.05) is 6.54 Å². The average Bonchev–Trinajstić information content (AvgIpc) is 2.56. The van der Waals surface area contributed by atoms with Crippen molar-refractivity contribution < 1.29 is 19.4 Å². The molecule has 1 saturated heterocycles. The quantitative estimate of drug-likeness (QED) is 0.580. The van der Waals surface area contributed by atoms with Crippen LogP contribution in [0.25, 0.3) is 0 Å². The Morgan fingerprint density at radius 2 is 2.18 bits per heavy atom. The lowest BCUT2D eigenvalue weighted by Gasteiger charge is -2.33. The minimum absolute atomic E-state index is 0.0413. The SMILES string of the molecule is C#CCN1C(=O)CNC[C@@H]1CO.O=COCc1ccccc1. The summed E-state index contributed by atoms with van der Waals surface area (Å²) in [5.41, 5.74) is 1.01. The molecule has 118 valence electrons. The Balaban J connectivity index is 0.000000224. The molecule has 0 spiro atoms. The molecular weight excluding hydrogens is 284 g/mol. The van der Waals surface area contributed by atoms with Gasteiger partial charge < -0.3 is 20.1 Å². The Bertz CT molecular complexity index is 499. The summed E-state index contributed by atoms with van der Waals surface area (Å²) in [6, 6.07) is 9.38. The molecule has 22 heavy (non-hydrogen) atoms. The molecule has 1 fully saturated rings. The highest BCUT2D eigenvalue weighted by Crippen LogP contribution is 2.02. The predicted octanol–water partition coefficient (Wildman–Crippen LogP) is -0.228. The number of ether oxygens (including phenoxy) is 1. The molecule has 0 aromatic heterocycles. The molecular formula is C16H20N2O4. The summed E-state index contributed by atoms with van der Waals surface area (Å²) >= 11 is 0. The summed E-state index contributed by atoms with van der Waals surface area (Å²) < 4.78 is 4.54. The summed E-state index contributed by atoms with van der Waals surface area (Å²) in [4.78, 5) is 22.5. The van der Waals surface area contributed by atoms with Crippen molar-refractivity contribution in [2.75, 3.05) is 26.2 Å². The van der Waals surface area contributed by atoms with Crippen LogP contribution in [0, 0.1) is 12.3 Å². The lowest BCUT2D eigenvalue weighted by Crippen LogP contribution is -2.56. The average molecular weight is 304 g/mol. The molecule has 1 aliphatic heterocycles. The monoisotopic (exact) mass is 304 g/mol. The van der Waals surface area contributed by atoms with E-state index in [1.54, 1.807) is 0 Å². The highest BCUT2D eigenvalue weighted by molar-refractivity contribution is 5.79. The van der Waals surface area contributed by atoms with Crippen molar-refractivity contribution in [1.82, 2.24) is 10.2 Å². The zero-order valence-corrected chi connectivity index (χ0v) is 12.3. The molecule has 1 atom stereocenters. The Morgan fingerprint density at radius 3 is 2.77 bits per heavy atom. The minimum Gasteiger partial charge on any atom is -0.463 e. The van der Waals surface area contributed by atoms with Crippen LogP contribution in [-0.4, -0.2) is 54.7 Å². The van der Waals surface area contributed by atoms with E-state index in [2.05, 4.69) is 16.0 Å². The highest BCUT2D eigenvalue weighted by Gasteiger charge is 2.25. The topological polar surface area (TPSA) is 78.9 Å². The van der Waals surface area contributed by atoms with Crippen LogP contribution in [0.4, 0.5) is 0 Å². The Morgan fingerprint density at radius 1 is 1.45 bits per heavy atom. The van der Waals surface area contributed by atoms with E-state index in [0.29, 0.717) is 26.2 Å². The molecule has 1 aromatic carbocycles. The van der Waals surface area contributed by atoms with Gasteiger partial charge in [-0.1, -0.05) is 36.3 Å². The summed E-state index contributed by atoms with van der Waals surface area (Å²) in [7, 11) is 0. The van der Waals surface area contributed by atoms with Crippen molar-refractivity contribution in [2.24, 2.45) is 0 Å². The van der Waals surface area contributed by atoms with Crippen molar-refractivity contribution in [2.45, 2.75) is 12.6 Å². The van der Waals surface area contributed by atoms with Crippen molar-refractivity contribution in [1.29, 1.82) is 0 Å². The third-order valence-corrected chi connectivity index (χ3v) is 3.05. The van der Waals surface area contributed by atoms with E-state index in [1.807, 2.05) is 30.3 Å². The highest BCUT2D eigenvalue weighted by atomic mass is 16.5. The summed E-state index contributed by atoms with van der Waals surface area (Å²) in [6.45, 7) is 1.99. The van der Waals surface area contributed by atoms with E-state index in [4.69, 9.17) is 11.5 Å².